The number of unbranched alkanes of at least 4 members (excludes halogenated alkanes) is 15. The number of esters is 1. The molecule has 9 heteroatoms. The lowest BCUT2D eigenvalue weighted by atomic mass is 10.1. The summed E-state index contributed by atoms with van der Waals surface area (Å²) in [4.78, 5) is 22.5. The maximum atomic E-state index is 12.6. The van der Waals surface area contributed by atoms with Crippen LogP contribution < -0.4 is 5.73 Å². The smallest absolute Gasteiger partial charge is 0.457 e. The molecule has 0 saturated carbocycles. The van der Waals surface area contributed by atoms with E-state index in [2.05, 4.69) is 86.8 Å². The van der Waals surface area contributed by atoms with Crippen LogP contribution in [0, 0.1) is 0 Å². The van der Waals surface area contributed by atoms with Gasteiger partial charge in [0.1, 0.15) is 6.10 Å². The number of nitrogens with two attached hydrogens (primary N) is 1. The van der Waals surface area contributed by atoms with E-state index in [-0.39, 0.29) is 32.3 Å². The van der Waals surface area contributed by atoms with Gasteiger partial charge in [-0.1, -0.05) is 151 Å². The van der Waals surface area contributed by atoms with Crippen LogP contribution in [0.3, 0.4) is 0 Å². The van der Waals surface area contributed by atoms with Crippen LogP contribution >= 0.6 is 7.82 Å². The number of hydrogen-bond acceptors (Lipinski definition) is 7. The van der Waals surface area contributed by atoms with Gasteiger partial charge in [-0.3, -0.25) is 13.8 Å². The molecule has 0 amide bonds. The second kappa shape index (κ2) is 42.1. The first-order chi connectivity index (χ1) is 26.4. The van der Waals surface area contributed by atoms with Crippen molar-refractivity contribution in [2.24, 2.45) is 5.73 Å². The van der Waals surface area contributed by atoms with Crippen molar-refractivity contribution in [1.82, 2.24) is 0 Å². The van der Waals surface area contributed by atoms with Crippen molar-refractivity contribution in [2.75, 3.05) is 33.0 Å². The molecule has 0 aromatic rings. The summed E-state index contributed by atoms with van der Waals surface area (Å²) in [5.41, 5.74) is 5.37. The molecule has 0 saturated heterocycles. The number of carbonyl (C=O) groups excluding carboxylic acids is 1. The number of phosphoric ester groups is 1. The lowest BCUT2D eigenvalue weighted by Crippen LogP contribution is -2.28. The summed E-state index contributed by atoms with van der Waals surface area (Å²) in [5.74, 6) is -0.348. The minimum absolute atomic E-state index is 0.0918. The largest absolute Gasteiger partial charge is 0.472 e. The molecule has 0 radical (unpaired) electrons. The molecule has 8 nitrogen and oxygen atoms in total. The van der Waals surface area contributed by atoms with Crippen molar-refractivity contribution < 1.29 is 32.8 Å². The maximum absolute atomic E-state index is 12.6. The fourth-order valence-electron chi connectivity index (χ4n) is 5.49. The molecule has 0 bridgehead atoms. The van der Waals surface area contributed by atoms with Gasteiger partial charge in [-0.15, -0.1) is 0 Å². The normalized spacial score (nSPS) is 14.2. The molecule has 0 aromatic heterocycles. The summed E-state index contributed by atoms with van der Waals surface area (Å²) in [5, 5.41) is 0. The Balaban J connectivity index is 4.11. The molecule has 0 fully saturated rings. The predicted octanol–water partition coefficient (Wildman–Crippen LogP) is 12.7. The number of ether oxygens (including phenoxy) is 2. The zero-order valence-corrected chi connectivity index (χ0v) is 35.3. The van der Waals surface area contributed by atoms with E-state index in [9.17, 15) is 14.3 Å². The van der Waals surface area contributed by atoms with E-state index < -0.39 is 13.9 Å². The first kappa shape index (κ1) is 51.9. The van der Waals surface area contributed by atoms with Gasteiger partial charge in [0.15, 0.2) is 0 Å². The van der Waals surface area contributed by atoms with Crippen molar-refractivity contribution >= 4 is 13.8 Å². The topological polar surface area (TPSA) is 117 Å². The van der Waals surface area contributed by atoms with Crippen LogP contribution in [-0.2, 0) is 27.9 Å². The standard InChI is InChI=1S/C45H80NO7P/c1-3-5-7-9-11-13-15-17-19-21-23-25-27-29-31-33-35-37-40-50-42-44(43-52-54(48,49)51-41-39-46)53-45(47)38-36-34-32-30-28-26-24-22-20-18-16-14-12-10-8-6-4-2/h5,7,11-14,17-20,23,25,44H,3-4,6,8-10,15-16,21-22,24,26-43,46H2,1-2H3,(H,48,49)/b7-5-,13-11-,14-12-,19-17-,20-18-,25-23-. The first-order valence-corrected chi connectivity index (χ1v) is 22.9. The third-order valence-electron chi connectivity index (χ3n) is 8.61. The average Bonchev–Trinajstić information content (AvgIpc) is 3.16. The summed E-state index contributed by atoms with van der Waals surface area (Å²) in [6.45, 7) is 4.71. The Morgan fingerprint density at radius 3 is 1.56 bits per heavy atom. The maximum Gasteiger partial charge on any atom is 0.472 e. The zero-order chi connectivity index (χ0) is 39.5. The highest BCUT2D eigenvalue weighted by Crippen LogP contribution is 2.43. The molecule has 312 valence electrons. The van der Waals surface area contributed by atoms with Crippen molar-refractivity contribution in [1.29, 1.82) is 0 Å². The number of allylic oxidation sites excluding steroid dienone is 12. The number of phosphoric acid groups is 1. The second-order valence-corrected chi connectivity index (χ2v) is 15.3. The van der Waals surface area contributed by atoms with Gasteiger partial charge in [-0.05, 0) is 83.5 Å². The van der Waals surface area contributed by atoms with Gasteiger partial charge in [0.05, 0.1) is 19.8 Å². The molecule has 0 heterocycles. The quantitative estimate of drug-likeness (QED) is 0.0273. The first-order valence-electron chi connectivity index (χ1n) is 21.4. The summed E-state index contributed by atoms with van der Waals surface area (Å²) in [7, 11) is -4.29. The van der Waals surface area contributed by atoms with E-state index >= 15 is 0 Å². The SMILES string of the molecule is CC/C=C\C/C=C\C/C=C\C/C=C\CCCCCCCOCC(COP(=O)(O)OCCN)OC(=O)CCCCCCCCC/C=C\C/C=C\CCCCC. The Bertz CT molecular complexity index is 1050. The monoisotopic (exact) mass is 778 g/mol. The fourth-order valence-corrected chi connectivity index (χ4v) is 6.25. The molecule has 54 heavy (non-hydrogen) atoms. The molecule has 2 unspecified atom stereocenters. The lowest BCUT2D eigenvalue weighted by molar-refractivity contribution is -0.154. The van der Waals surface area contributed by atoms with Crippen LogP contribution in [0.4, 0.5) is 0 Å². The van der Waals surface area contributed by atoms with E-state index in [1.807, 2.05) is 0 Å². The molecular weight excluding hydrogens is 697 g/mol. The Morgan fingerprint density at radius 1 is 0.574 bits per heavy atom. The van der Waals surface area contributed by atoms with Crippen LogP contribution in [0.25, 0.3) is 0 Å². The number of carbonyl (C=O) groups is 1. The van der Waals surface area contributed by atoms with Gasteiger partial charge >= 0.3 is 13.8 Å². The zero-order valence-electron chi connectivity index (χ0n) is 34.4. The minimum Gasteiger partial charge on any atom is -0.457 e. The molecule has 0 aliphatic carbocycles. The highest BCUT2D eigenvalue weighted by atomic mass is 31.2. The van der Waals surface area contributed by atoms with Gasteiger partial charge in [0.2, 0.25) is 0 Å². The summed E-state index contributed by atoms with van der Waals surface area (Å²) in [6.07, 6.45) is 52.0. The fraction of sp³-hybridized carbons (Fsp3) is 0.711. The van der Waals surface area contributed by atoms with Gasteiger partial charge < -0.3 is 20.1 Å². The molecule has 0 spiro atoms. The number of rotatable bonds is 40. The van der Waals surface area contributed by atoms with Gasteiger partial charge in [-0.25, -0.2) is 4.57 Å². The van der Waals surface area contributed by atoms with Gasteiger partial charge in [0, 0.05) is 19.6 Å². The van der Waals surface area contributed by atoms with Crippen LogP contribution in [-0.4, -0.2) is 49.9 Å². The Kier molecular flexibility index (Phi) is 40.5. The van der Waals surface area contributed by atoms with E-state index in [0.717, 1.165) is 83.5 Å². The molecule has 0 aromatic carbocycles. The van der Waals surface area contributed by atoms with E-state index in [0.29, 0.717) is 13.0 Å². The molecule has 0 rings (SSSR count). The molecule has 0 aliphatic rings. The molecule has 2 atom stereocenters. The summed E-state index contributed by atoms with van der Waals surface area (Å²) in [6, 6.07) is 0. The molecular formula is C45H80NO7P. The van der Waals surface area contributed by atoms with E-state index in [4.69, 9.17) is 24.3 Å². The van der Waals surface area contributed by atoms with E-state index in [1.54, 1.807) is 0 Å². The van der Waals surface area contributed by atoms with Crippen LogP contribution in [0.1, 0.15) is 168 Å². The molecule has 3 N–H and O–H groups in total. The van der Waals surface area contributed by atoms with Crippen molar-refractivity contribution in [2.45, 2.75) is 174 Å². The third kappa shape index (κ3) is 41.1. The Morgan fingerprint density at radius 2 is 1.04 bits per heavy atom. The van der Waals surface area contributed by atoms with Crippen LogP contribution in [0.5, 0.6) is 0 Å². The Labute approximate surface area is 331 Å². The highest BCUT2D eigenvalue weighted by Gasteiger charge is 2.25. The minimum atomic E-state index is -4.29. The van der Waals surface area contributed by atoms with E-state index in [1.165, 1.54) is 64.2 Å². The van der Waals surface area contributed by atoms with Gasteiger partial charge in [-0.2, -0.15) is 0 Å². The van der Waals surface area contributed by atoms with Gasteiger partial charge in [0.25, 0.3) is 0 Å². The average molecular weight is 778 g/mol. The van der Waals surface area contributed by atoms with Crippen molar-refractivity contribution in [3.63, 3.8) is 0 Å². The Hall–Kier alpha value is -2.06. The third-order valence-corrected chi connectivity index (χ3v) is 9.59. The van der Waals surface area contributed by atoms with Crippen molar-refractivity contribution in [3.8, 4) is 0 Å². The lowest BCUT2D eigenvalue weighted by Gasteiger charge is -2.20. The summed E-state index contributed by atoms with van der Waals surface area (Å²) >= 11 is 0. The highest BCUT2D eigenvalue weighted by molar-refractivity contribution is 7.47. The predicted molar refractivity (Wildman–Crippen MR) is 228 cm³/mol. The molecule has 0 aliphatic heterocycles. The van der Waals surface area contributed by atoms with Crippen LogP contribution in [0.15, 0.2) is 72.9 Å². The van der Waals surface area contributed by atoms with Crippen molar-refractivity contribution in [3.05, 3.63) is 72.9 Å². The number of hydrogen-bond donors (Lipinski definition) is 2. The summed E-state index contributed by atoms with van der Waals surface area (Å²) < 4.78 is 33.4. The van der Waals surface area contributed by atoms with Crippen LogP contribution in [0.2, 0.25) is 0 Å². The second-order valence-electron chi connectivity index (χ2n) is 13.8.